The van der Waals surface area contributed by atoms with E-state index in [-0.39, 0.29) is 29.4 Å². The number of nitrogens with zero attached hydrogens (tertiary/aromatic N) is 1. The Morgan fingerprint density at radius 1 is 1.19 bits per heavy atom. The second-order valence-electron chi connectivity index (χ2n) is 6.60. The Labute approximate surface area is 177 Å². The van der Waals surface area contributed by atoms with E-state index >= 15 is 0 Å². The molecule has 0 unspecified atom stereocenters. The van der Waals surface area contributed by atoms with Crippen LogP contribution in [0.5, 0.6) is 0 Å². The second-order valence-corrected chi connectivity index (χ2v) is 7.03. The van der Waals surface area contributed by atoms with Crippen LogP contribution in [-0.2, 0) is 10.2 Å². The fourth-order valence-electron chi connectivity index (χ4n) is 3.18. The third kappa shape index (κ3) is 5.34. The molecule has 2 aromatic carbocycles. The van der Waals surface area contributed by atoms with E-state index in [2.05, 4.69) is 23.3 Å². The van der Waals surface area contributed by atoms with Crippen LogP contribution in [0.3, 0.4) is 0 Å². The van der Waals surface area contributed by atoms with Gasteiger partial charge < -0.3 is 15.8 Å². The molecule has 140 valence electrons. The number of hydrogen-bond donors (Lipinski definition) is 2. The number of nitrogens with two attached hydrogens (primary N) is 1. The van der Waals surface area contributed by atoms with Crippen molar-refractivity contribution < 1.29 is 4.74 Å². The number of rotatable bonds is 4. The maximum atomic E-state index is 6.20. The smallest absolute Gasteiger partial charge is 0.193 e. The molecule has 6 heteroatoms. The molecular weight excluding hydrogens is 461 g/mol. The van der Waals surface area contributed by atoms with Crippen LogP contribution in [0.2, 0.25) is 5.02 Å². The zero-order valence-corrected chi connectivity index (χ0v) is 18.0. The predicted molar refractivity (Wildman–Crippen MR) is 120 cm³/mol. The van der Waals surface area contributed by atoms with Crippen LogP contribution >= 0.6 is 35.6 Å². The molecule has 3 rings (SSSR count). The first-order valence-electron chi connectivity index (χ1n) is 8.55. The molecule has 0 radical (unpaired) electrons. The van der Waals surface area contributed by atoms with Crippen LogP contribution in [0.4, 0.5) is 5.69 Å². The molecule has 4 nitrogen and oxygen atoms in total. The summed E-state index contributed by atoms with van der Waals surface area (Å²) < 4.78 is 5.56. The van der Waals surface area contributed by atoms with Crippen molar-refractivity contribution in [2.24, 2.45) is 10.7 Å². The quantitative estimate of drug-likeness (QED) is 0.374. The van der Waals surface area contributed by atoms with E-state index in [0.29, 0.717) is 12.5 Å². The average molecular weight is 486 g/mol. The van der Waals surface area contributed by atoms with Gasteiger partial charge in [-0.1, -0.05) is 41.4 Å². The lowest BCUT2D eigenvalue weighted by atomic mass is 9.74. The summed E-state index contributed by atoms with van der Waals surface area (Å²) in [5.74, 6) is 0.428. The predicted octanol–water partition coefficient (Wildman–Crippen LogP) is 4.74. The molecule has 2 aromatic rings. The highest BCUT2D eigenvalue weighted by Crippen LogP contribution is 2.36. The number of nitrogens with one attached hydrogen (secondary N) is 1. The number of ether oxygens (including phenoxy) is 1. The van der Waals surface area contributed by atoms with Crippen molar-refractivity contribution in [3.63, 3.8) is 0 Å². The first-order chi connectivity index (χ1) is 12.1. The van der Waals surface area contributed by atoms with Crippen molar-refractivity contribution in [3.8, 4) is 0 Å². The van der Waals surface area contributed by atoms with Gasteiger partial charge in [0.2, 0.25) is 0 Å². The van der Waals surface area contributed by atoms with E-state index in [0.717, 1.165) is 36.8 Å². The largest absolute Gasteiger partial charge is 0.381 e. The molecule has 0 saturated carbocycles. The van der Waals surface area contributed by atoms with Gasteiger partial charge in [-0.3, -0.25) is 4.99 Å². The summed E-state index contributed by atoms with van der Waals surface area (Å²) in [6, 6.07) is 16.1. The average Bonchev–Trinajstić information content (AvgIpc) is 2.63. The standard InChI is InChI=1S/C20H24ClN3O.HI/c1-15-5-7-18(8-6-15)24-19(22)23-14-20(9-11-25-12-10-20)16-3-2-4-17(21)13-16;/h2-8,13H,9-12,14H2,1H3,(H3,22,23,24);1H. The minimum absolute atomic E-state index is 0. The van der Waals surface area contributed by atoms with Gasteiger partial charge >= 0.3 is 0 Å². The Balaban J connectivity index is 0.00000243. The number of hydrogen-bond acceptors (Lipinski definition) is 2. The number of aliphatic imine (C=N–C) groups is 1. The van der Waals surface area contributed by atoms with Crippen LogP contribution in [0, 0.1) is 6.92 Å². The molecule has 0 aliphatic carbocycles. The van der Waals surface area contributed by atoms with Gasteiger partial charge in [-0.05, 0) is 49.6 Å². The third-order valence-corrected chi connectivity index (χ3v) is 5.00. The summed E-state index contributed by atoms with van der Waals surface area (Å²) in [6.07, 6.45) is 1.82. The topological polar surface area (TPSA) is 59.6 Å². The van der Waals surface area contributed by atoms with Crippen LogP contribution in [0.15, 0.2) is 53.5 Å². The molecule has 0 spiro atoms. The summed E-state index contributed by atoms with van der Waals surface area (Å²) in [5, 5.41) is 3.91. The minimum atomic E-state index is -0.0806. The second kappa shape index (κ2) is 9.58. The maximum Gasteiger partial charge on any atom is 0.193 e. The number of aryl methyl sites for hydroxylation is 1. The lowest BCUT2D eigenvalue weighted by Crippen LogP contribution is -2.38. The highest BCUT2D eigenvalue weighted by molar-refractivity contribution is 14.0. The molecule has 26 heavy (non-hydrogen) atoms. The van der Waals surface area contributed by atoms with Crippen molar-refractivity contribution in [1.82, 2.24) is 0 Å². The maximum absolute atomic E-state index is 6.20. The van der Waals surface area contributed by atoms with Gasteiger partial charge in [-0.25, -0.2) is 0 Å². The van der Waals surface area contributed by atoms with E-state index < -0.39 is 0 Å². The Morgan fingerprint density at radius 2 is 1.88 bits per heavy atom. The van der Waals surface area contributed by atoms with E-state index in [1.165, 1.54) is 11.1 Å². The lowest BCUT2D eigenvalue weighted by molar-refractivity contribution is 0.0531. The van der Waals surface area contributed by atoms with Crippen LogP contribution in [0.1, 0.15) is 24.0 Å². The van der Waals surface area contributed by atoms with Crippen LogP contribution < -0.4 is 11.1 Å². The molecule has 3 N–H and O–H groups in total. The minimum Gasteiger partial charge on any atom is -0.381 e. The summed E-state index contributed by atoms with van der Waals surface area (Å²) in [7, 11) is 0. The number of benzene rings is 2. The Hall–Kier alpha value is -1.31. The van der Waals surface area contributed by atoms with Gasteiger partial charge in [-0.2, -0.15) is 0 Å². The lowest BCUT2D eigenvalue weighted by Gasteiger charge is -2.36. The van der Waals surface area contributed by atoms with Crippen LogP contribution in [-0.4, -0.2) is 25.7 Å². The highest BCUT2D eigenvalue weighted by atomic mass is 127. The van der Waals surface area contributed by atoms with Gasteiger partial charge in [-0.15, -0.1) is 24.0 Å². The first kappa shape index (κ1) is 21.0. The molecular formula is C20H25ClIN3O. The molecule has 0 atom stereocenters. The summed E-state index contributed by atoms with van der Waals surface area (Å²) in [6.45, 7) is 4.13. The van der Waals surface area contributed by atoms with Crippen molar-refractivity contribution in [1.29, 1.82) is 0 Å². The summed E-state index contributed by atoms with van der Waals surface area (Å²) >= 11 is 6.20. The highest BCUT2D eigenvalue weighted by Gasteiger charge is 2.34. The molecule has 0 bridgehead atoms. The number of halogens is 2. The molecule has 1 fully saturated rings. The Morgan fingerprint density at radius 3 is 2.54 bits per heavy atom. The van der Waals surface area contributed by atoms with E-state index in [1.54, 1.807) is 0 Å². The zero-order chi connectivity index (χ0) is 17.7. The van der Waals surface area contributed by atoms with Gasteiger partial charge in [0.15, 0.2) is 5.96 Å². The summed E-state index contributed by atoms with van der Waals surface area (Å²) in [5.41, 5.74) is 9.38. The van der Waals surface area contributed by atoms with Gasteiger partial charge in [0.1, 0.15) is 0 Å². The zero-order valence-electron chi connectivity index (χ0n) is 14.9. The van der Waals surface area contributed by atoms with Crippen LogP contribution in [0.25, 0.3) is 0 Å². The molecule has 1 aliphatic heterocycles. The monoisotopic (exact) mass is 485 g/mol. The molecule has 1 saturated heterocycles. The normalized spacial score (nSPS) is 16.6. The van der Waals surface area contributed by atoms with E-state index in [9.17, 15) is 0 Å². The van der Waals surface area contributed by atoms with Gasteiger partial charge in [0.05, 0.1) is 6.54 Å². The van der Waals surface area contributed by atoms with Gasteiger partial charge in [0.25, 0.3) is 0 Å². The number of guanidine groups is 1. The van der Waals surface area contributed by atoms with E-state index in [4.69, 9.17) is 22.1 Å². The molecule has 1 heterocycles. The van der Waals surface area contributed by atoms with Crippen molar-refractivity contribution in [2.75, 3.05) is 25.1 Å². The SMILES string of the molecule is Cc1ccc(NC(N)=NCC2(c3cccc(Cl)c3)CCOCC2)cc1.I. The van der Waals surface area contributed by atoms with Crippen molar-refractivity contribution in [2.45, 2.75) is 25.2 Å². The fourth-order valence-corrected chi connectivity index (χ4v) is 3.37. The van der Waals surface area contributed by atoms with Crippen molar-refractivity contribution in [3.05, 3.63) is 64.7 Å². The summed E-state index contributed by atoms with van der Waals surface area (Å²) in [4.78, 5) is 4.63. The van der Waals surface area contributed by atoms with Gasteiger partial charge in [0, 0.05) is 29.3 Å². The fraction of sp³-hybridized carbons (Fsp3) is 0.350. The Bertz CT molecular complexity index is 743. The molecule has 0 amide bonds. The van der Waals surface area contributed by atoms with E-state index in [1.807, 2.05) is 42.5 Å². The Kier molecular flexibility index (Phi) is 7.73. The molecule has 0 aromatic heterocycles. The molecule has 1 aliphatic rings. The number of anilines is 1. The van der Waals surface area contributed by atoms with Crippen molar-refractivity contribution >= 4 is 47.2 Å². The first-order valence-corrected chi connectivity index (χ1v) is 8.93. The third-order valence-electron chi connectivity index (χ3n) is 4.76.